The average Bonchev–Trinajstić information content (AvgIpc) is 3.57. The molecule has 1 aliphatic rings. The first-order valence-electron chi connectivity index (χ1n) is 12.4. The molecule has 0 saturated carbocycles. The number of para-hydroxylation sites is 1. The molecule has 0 fully saturated rings. The van der Waals surface area contributed by atoms with Crippen LogP contribution in [0.5, 0.6) is 0 Å². The Balaban J connectivity index is 1.36. The van der Waals surface area contributed by atoms with Crippen LogP contribution in [0.2, 0.25) is 0 Å². The first-order chi connectivity index (χ1) is 17.7. The predicted molar refractivity (Wildman–Crippen MR) is 136 cm³/mol. The molecule has 0 spiro atoms. The molecule has 3 heterocycles. The number of benzene rings is 2. The Bertz CT molecular complexity index is 1450. The summed E-state index contributed by atoms with van der Waals surface area (Å²) in [6, 6.07) is 12.8. The van der Waals surface area contributed by atoms with Crippen molar-refractivity contribution in [2.24, 2.45) is 5.41 Å². The summed E-state index contributed by atoms with van der Waals surface area (Å²) in [5.41, 5.74) is 1.30. The number of nitrogens with zero attached hydrogens (tertiary/aromatic N) is 5. The van der Waals surface area contributed by atoms with Gasteiger partial charge in [0.1, 0.15) is 17.7 Å². The number of nitrogens with one attached hydrogen (secondary N) is 2. The highest BCUT2D eigenvalue weighted by atomic mass is 19.1. The third kappa shape index (κ3) is 5.09. The first-order valence-corrected chi connectivity index (χ1v) is 12.4. The number of aryl methyl sites for hydroxylation is 1. The zero-order chi connectivity index (χ0) is 26.2. The minimum atomic E-state index is -0.804. The van der Waals surface area contributed by atoms with Crippen LogP contribution in [0.4, 0.5) is 4.39 Å². The molecule has 0 bridgehead atoms. The lowest BCUT2D eigenvalue weighted by Crippen LogP contribution is -2.53. The molecule has 2 aromatic heterocycles. The fourth-order valence-corrected chi connectivity index (χ4v) is 4.66. The van der Waals surface area contributed by atoms with E-state index in [1.807, 2.05) is 49.6 Å². The Labute approximate surface area is 214 Å². The van der Waals surface area contributed by atoms with Crippen LogP contribution >= 0.6 is 0 Å². The molecule has 1 atom stereocenters. The second-order valence-electron chi connectivity index (χ2n) is 10.4. The molecule has 192 valence electrons. The zero-order valence-corrected chi connectivity index (χ0v) is 21.2. The van der Waals surface area contributed by atoms with Crippen molar-refractivity contribution < 1.29 is 14.0 Å². The van der Waals surface area contributed by atoms with Gasteiger partial charge in [-0.3, -0.25) is 14.3 Å². The van der Waals surface area contributed by atoms with E-state index in [-0.39, 0.29) is 24.0 Å². The van der Waals surface area contributed by atoms with Gasteiger partial charge in [0.2, 0.25) is 5.91 Å². The number of hydrogen-bond acceptors (Lipinski definition) is 5. The Hall–Kier alpha value is -4.08. The molecule has 0 saturated heterocycles. The van der Waals surface area contributed by atoms with Crippen LogP contribution in [0.25, 0.3) is 10.9 Å². The summed E-state index contributed by atoms with van der Waals surface area (Å²) < 4.78 is 17.1. The summed E-state index contributed by atoms with van der Waals surface area (Å²) in [6.07, 6.45) is 1.91. The van der Waals surface area contributed by atoms with E-state index in [0.717, 1.165) is 36.3 Å². The van der Waals surface area contributed by atoms with Crippen LogP contribution < -0.4 is 10.6 Å². The van der Waals surface area contributed by atoms with Crippen molar-refractivity contribution in [3.8, 4) is 0 Å². The number of rotatable bonds is 7. The molecule has 0 unspecified atom stereocenters. The zero-order valence-electron chi connectivity index (χ0n) is 21.2. The lowest BCUT2D eigenvalue weighted by Gasteiger charge is -2.30. The Morgan fingerprint density at radius 2 is 1.84 bits per heavy atom. The quantitative estimate of drug-likeness (QED) is 0.403. The Kier molecular flexibility index (Phi) is 6.49. The maximum atomic E-state index is 13.5. The van der Waals surface area contributed by atoms with Gasteiger partial charge in [0.15, 0.2) is 11.5 Å². The molecular weight excluding hydrogens is 473 g/mol. The summed E-state index contributed by atoms with van der Waals surface area (Å²) in [5.74, 6) is 0.603. The number of carbonyl (C=O) groups is 2. The van der Waals surface area contributed by atoms with Crippen molar-refractivity contribution in [2.45, 2.75) is 59.3 Å². The number of aromatic nitrogens is 5. The number of carbonyl (C=O) groups excluding carboxylic acids is 2. The number of fused-ring (bicyclic) bond motifs is 2. The molecule has 5 rings (SSSR count). The normalized spacial score (nSPS) is 13.9. The summed E-state index contributed by atoms with van der Waals surface area (Å²) in [7, 11) is 0. The third-order valence-corrected chi connectivity index (χ3v) is 6.63. The highest BCUT2D eigenvalue weighted by Gasteiger charge is 2.34. The van der Waals surface area contributed by atoms with Crippen molar-refractivity contribution in [3.63, 3.8) is 0 Å². The lowest BCUT2D eigenvalue weighted by molar-refractivity contribution is -0.125. The minimum Gasteiger partial charge on any atom is -0.347 e. The van der Waals surface area contributed by atoms with E-state index in [0.29, 0.717) is 17.8 Å². The SMILES string of the molecule is CC(C)(C)[C@H](NC(=O)c1nn(Cc2ccc(F)cc2)c2ccccc12)C(=O)NCc1nnc2n1CCC2. The largest absolute Gasteiger partial charge is 0.347 e. The maximum Gasteiger partial charge on any atom is 0.273 e. The highest BCUT2D eigenvalue weighted by molar-refractivity contribution is 6.06. The number of hydrogen-bond donors (Lipinski definition) is 2. The summed E-state index contributed by atoms with van der Waals surface area (Å²) in [4.78, 5) is 26.7. The Morgan fingerprint density at radius 3 is 2.59 bits per heavy atom. The fourth-order valence-electron chi connectivity index (χ4n) is 4.66. The first kappa shape index (κ1) is 24.6. The van der Waals surface area contributed by atoms with Gasteiger partial charge in [-0.2, -0.15) is 5.10 Å². The molecule has 2 aromatic carbocycles. The van der Waals surface area contributed by atoms with E-state index in [4.69, 9.17) is 0 Å². The van der Waals surface area contributed by atoms with Crippen LogP contribution in [-0.2, 0) is 30.8 Å². The van der Waals surface area contributed by atoms with E-state index in [9.17, 15) is 14.0 Å². The molecule has 9 nitrogen and oxygen atoms in total. The molecule has 0 radical (unpaired) electrons. The number of amides is 2. The standard InChI is InChI=1S/C27H30FN7O2/c1-27(2,3)24(26(37)29-15-22-32-31-21-9-6-14-34(21)22)30-25(36)23-19-7-4-5-8-20(19)35(33-23)16-17-10-12-18(28)13-11-17/h4-5,7-8,10-13,24H,6,9,14-16H2,1-3H3,(H,29,37)(H,30,36)/t24-/m1/s1. The van der Waals surface area contributed by atoms with E-state index < -0.39 is 17.4 Å². The van der Waals surface area contributed by atoms with E-state index in [1.165, 1.54) is 12.1 Å². The van der Waals surface area contributed by atoms with Gasteiger partial charge in [0, 0.05) is 18.4 Å². The van der Waals surface area contributed by atoms with Gasteiger partial charge < -0.3 is 15.2 Å². The van der Waals surface area contributed by atoms with Crippen molar-refractivity contribution in [1.29, 1.82) is 0 Å². The van der Waals surface area contributed by atoms with Gasteiger partial charge >= 0.3 is 0 Å². The van der Waals surface area contributed by atoms with Gasteiger partial charge in [-0.1, -0.05) is 51.1 Å². The van der Waals surface area contributed by atoms with E-state index in [1.54, 1.807) is 16.8 Å². The van der Waals surface area contributed by atoms with Crippen molar-refractivity contribution in [2.75, 3.05) is 0 Å². The van der Waals surface area contributed by atoms with Gasteiger partial charge in [-0.25, -0.2) is 4.39 Å². The lowest BCUT2D eigenvalue weighted by atomic mass is 9.86. The van der Waals surface area contributed by atoms with E-state index >= 15 is 0 Å². The average molecular weight is 504 g/mol. The molecule has 0 aliphatic carbocycles. The number of halogens is 1. The molecular formula is C27H30FN7O2. The van der Waals surface area contributed by atoms with Crippen molar-refractivity contribution in [1.82, 2.24) is 35.2 Å². The molecule has 37 heavy (non-hydrogen) atoms. The second-order valence-corrected chi connectivity index (χ2v) is 10.4. The molecule has 10 heteroatoms. The van der Waals surface area contributed by atoms with Gasteiger partial charge in [0.25, 0.3) is 5.91 Å². The monoisotopic (exact) mass is 503 g/mol. The minimum absolute atomic E-state index is 0.232. The van der Waals surface area contributed by atoms with Crippen molar-refractivity contribution in [3.05, 3.63) is 77.3 Å². The van der Waals surface area contributed by atoms with Crippen LogP contribution in [0.1, 0.15) is 54.9 Å². The van der Waals surface area contributed by atoms with Crippen LogP contribution in [0.15, 0.2) is 48.5 Å². The third-order valence-electron chi connectivity index (χ3n) is 6.63. The second kappa shape index (κ2) is 9.76. The molecule has 2 N–H and O–H groups in total. The van der Waals surface area contributed by atoms with Gasteiger partial charge in [-0.15, -0.1) is 10.2 Å². The molecule has 4 aromatic rings. The topological polar surface area (TPSA) is 107 Å². The van der Waals surface area contributed by atoms with Gasteiger partial charge in [0.05, 0.1) is 18.6 Å². The molecule has 2 amide bonds. The Morgan fingerprint density at radius 1 is 1.08 bits per heavy atom. The maximum absolute atomic E-state index is 13.5. The summed E-state index contributed by atoms with van der Waals surface area (Å²) in [6.45, 7) is 7.16. The summed E-state index contributed by atoms with van der Waals surface area (Å²) >= 11 is 0. The predicted octanol–water partition coefficient (Wildman–Crippen LogP) is 3.22. The van der Waals surface area contributed by atoms with E-state index in [2.05, 4.69) is 25.9 Å². The van der Waals surface area contributed by atoms with Crippen molar-refractivity contribution >= 4 is 22.7 Å². The smallest absolute Gasteiger partial charge is 0.273 e. The van der Waals surface area contributed by atoms with Crippen LogP contribution in [-0.4, -0.2) is 42.4 Å². The van der Waals surface area contributed by atoms with Gasteiger partial charge in [-0.05, 0) is 35.6 Å². The van der Waals surface area contributed by atoms with Crippen LogP contribution in [0.3, 0.4) is 0 Å². The summed E-state index contributed by atoms with van der Waals surface area (Å²) in [5, 5.41) is 19.5. The van der Waals surface area contributed by atoms with Crippen LogP contribution in [0, 0.1) is 11.2 Å². The highest BCUT2D eigenvalue weighted by Crippen LogP contribution is 2.23. The fraction of sp³-hybridized carbons (Fsp3) is 0.370. The molecule has 1 aliphatic heterocycles.